The number of halogens is 1. The highest BCUT2D eigenvalue weighted by Crippen LogP contribution is 2.44. The summed E-state index contributed by atoms with van der Waals surface area (Å²) < 4.78 is 0.205. The quantitative estimate of drug-likeness (QED) is 0.562. The molecular weight excluding hydrogens is 239 g/mol. The topological polar surface area (TPSA) is 20.2 Å². The van der Waals surface area contributed by atoms with Crippen LogP contribution in [0.2, 0.25) is 0 Å². The molecule has 1 fully saturated rings. The van der Waals surface area contributed by atoms with Crippen LogP contribution in [0.1, 0.15) is 26.7 Å². The molecule has 1 N–H and O–H groups in total. The van der Waals surface area contributed by atoms with Gasteiger partial charge in [-0.1, -0.05) is 36.4 Å². The molecule has 1 saturated carbocycles. The van der Waals surface area contributed by atoms with Crippen LogP contribution >= 0.6 is 22.6 Å². The van der Waals surface area contributed by atoms with Crippen molar-refractivity contribution in [2.45, 2.75) is 30.1 Å². The fourth-order valence-corrected chi connectivity index (χ4v) is 3.16. The Bertz CT molecular complexity index is 114. The van der Waals surface area contributed by atoms with Gasteiger partial charge in [-0.05, 0) is 24.7 Å². The Labute approximate surface area is 76.3 Å². The molecule has 0 aromatic carbocycles. The molecule has 0 heterocycles. The fourth-order valence-electron chi connectivity index (χ4n) is 1.77. The number of aliphatic hydroxyl groups excluding tert-OH is 1. The Balaban J connectivity index is 2.55. The van der Waals surface area contributed by atoms with Gasteiger partial charge in [0.2, 0.25) is 0 Å². The third-order valence-electron chi connectivity index (χ3n) is 2.63. The van der Waals surface area contributed by atoms with Gasteiger partial charge in [0.05, 0.1) is 6.61 Å². The lowest BCUT2D eigenvalue weighted by Gasteiger charge is -2.17. The van der Waals surface area contributed by atoms with E-state index in [1.807, 2.05) is 0 Å². The zero-order valence-electron chi connectivity index (χ0n) is 6.60. The summed E-state index contributed by atoms with van der Waals surface area (Å²) in [5.74, 6) is 1.59. The van der Waals surface area contributed by atoms with Gasteiger partial charge >= 0.3 is 0 Å². The van der Waals surface area contributed by atoms with Crippen LogP contribution in [-0.2, 0) is 0 Å². The zero-order chi connectivity index (χ0) is 7.78. The van der Waals surface area contributed by atoms with Crippen molar-refractivity contribution in [2.24, 2.45) is 11.8 Å². The molecule has 0 unspecified atom stereocenters. The van der Waals surface area contributed by atoms with Crippen LogP contribution in [0.15, 0.2) is 0 Å². The lowest BCUT2D eigenvalue weighted by atomic mass is 10.0. The van der Waals surface area contributed by atoms with E-state index in [-0.39, 0.29) is 3.42 Å². The van der Waals surface area contributed by atoms with Crippen LogP contribution < -0.4 is 0 Å². The van der Waals surface area contributed by atoms with Gasteiger partial charge in [-0.2, -0.15) is 0 Å². The van der Waals surface area contributed by atoms with E-state index in [4.69, 9.17) is 5.11 Å². The summed E-state index contributed by atoms with van der Waals surface area (Å²) in [4.78, 5) is 0. The van der Waals surface area contributed by atoms with E-state index in [1.54, 1.807) is 0 Å². The molecule has 10 heavy (non-hydrogen) atoms. The van der Waals surface area contributed by atoms with E-state index in [2.05, 4.69) is 36.4 Å². The van der Waals surface area contributed by atoms with Gasteiger partial charge in [-0.3, -0.25) is 0 Å². The number of aliphatic hydroxyl groups is 1. The molecule has 1 aliphatic rings. The Kier molecular flexibility index (Phi) is 2.61. The molecule has 3 atom stereocenters. The van der Waals surface area contributed by atoms with Crippen LogP contribution in [-0.4, -0.2) is 15.1 Å². The third-order valence-corrected chi connectivity index (χ3v) is 3.85. The van der Waals surface area contributed by atoms with Gasteiger partial charge in [0.1, 0.15) is 0 Å². The summed E-state index contributed by atoms with van der Waals surface area (Å²) in [5, 5.41) is 9.05. The van der Waals surface area contributed by atoms with Crippen molar-refractivity contribution in [3.05, 3.63) is 0 Å². The monoisotopic (exact) mass is 254 g/mol. The van der Waals surface area contributed by atoms with Crippen molar-refractivity contribution in [1.82, 2.24) is 0 Å². The van der Waals surface area contributed by atoms with E-state index in [0.717, 1.165) is 11.8 Å². The Hall–Kier alpha value is 0.690. The van der Waals surface area contributed by atoms with Crippen molar-refractivity contribution in [1.29, 1.82) is 0 Å². The molecule has 0 amide bonds. The number of hydrogen-bond acceptors (Lipinski definition) is 1. The minimum Gasteiger partial charge on any atom is -0.395 e. The van der Waals surface area contributed by atoms with Gasteiger partial charge in [0.15, 0.2) is 0 Å². The second-order valence-corrected chi connectivity index (χ2v) is 5.96. The summed E-state index contributed by atoms with van der Waals surface area (Å²) in [6.07, 6.45) is 2.37. The predicted octanol–water partition coefficient (Wildman–Crippen LogP) is 2.22. The van der Waals surface area contributed by atoms with Crippen molar-refractivity contribution in [3.63, 3.8) is 0 Å². The second-order valence-electron chi connectivity index (χ2n) is 3.67. The summed E-state index contributed by atoms with van der Waals surface area (Å²) >= 11 is 2.41. The average molecular weight is 254 g/mol. The van der Waals surface area contributed by atoms with Crippen molar-refractivity contribution >= 4 is 22.6 Å². The van der Waals surface area contributed by atoms with Crippen LogP contribution in [0.4, 0.5) is 0 Å². The Morgan fingerprint density at radius 2 is 1.80 bits per heavy atom. The van der Waals surface area contributed by atoms with Gasteiger partial charge in [0.25, 0.3) is 0 Å². The zero-order valence-corrected chi connectivity index (χ0v) is 8.76. The molecule has 0 aromatic rings. The third kappa shape index (κ3) is 1.64. The first-order valence-corrected chi connectivity index (χ1v) is 4.95. The number of rotatable bonds is 1. The summed E-state index contributed by atoms with van der Waals surface area (Å²) in [6, 6.07) is 0. The molecule has 0 aromatic heterocycles. The molecule has 0 saturated heterocycles. The SMILES string of the molecule is C[C@@H]1C[C@](I)(CO)C[C@@H]1C. The van der Waals surface area contributed by atoms with Gasteiger partial charge in [-0.15, -0.1) is 0 Å². The van der Waals surface area contributed by atoms with Crippen LogP contribution in [0, 0.1) is 11.8 Å². The van der Waals surface area contributed by atoms with Crippen molar-refractivity contribution in [3.8, 4) is 0 Å². The standard InChI is InChI=1S/C8H15IO/c1-6-3-8(9,5-10)4-7(6)2/h6-7,10H,3-5H2,1-2H3/t6-,7+,8-. The van der Waals surface area contributed by atoms with E-state index < -0.39 is 0 Å². The molecule has 0 spiro atoms. The van der Waals surface area contributed by atoms with E-state index in [0.29, 0.717) is 6.61 Å². The van der Waals surface area contributed by atoms with Crippen molar-refractivity contribution < 1.29 is 5.11 Å². The largest absolute Gasteiger partial charge is 0.395 e. The summed E-state index contributed by atoms with van der Waals surface area (Å²) in [5.41, 5.74) is 0. The van der Waals surface area contributed by atoms with Crippen LogP contribution in [0.3, 0.4) is 0 Å². The first-order chi connectivity index (χ1) is 4.57. The molecule has 60 valence electrons. The maximum atomic E-state index is 9.05. The van der Waals surface area contributed by atoms with Crippen LogP contribution in [0.25, 0.3) is 0 Å². The summed E-state index contributed by atoms with van der Waals surface area (Å²) in [6.45, 7) is 4.91. The first-order valence-electron chi connectivity index (χ1n) is 3.87. The normalized spacial score (nSPS) is 48.0. The van der Waals surface area contributed by atoms with Crippen molar-refractivity contribution in [2.75, 3.05) is 6.61 Å². The maximum Gasteiger partial charge on any atom is 0.0577 e. The molecule has 1 aliphatic carbocycles. The van der Waals surface area contributed by atoms with E-state index in [9.17, 15) is 0 Å². The number of alkyl halides is 1. The smallest absolute Gasteiger partial charge is 0.0577 e. The first kappa shape index (κ1) is 8.78. The molecule has 2 heteroatoms. The fraction of sp³-hybridized carbons (Fsp3) is 1.00. The van der Waals surface area contributed by atoms with E-state index in [1.165, 1.54) is 12.8 Å². The lowest BCUT2D eigenvalue weighted by Crippen LogP contribution is -2.21. The Morgan fingerprint density at radius 3 is 2.00 bits per heavy atom. The van der Waals surface area contributed by atoms with E-state index >= 15 is 0 Å². The highest BCUT2D eigenvalue weighted by atomic mass is 127. The highest BCUT2D eigenvalue weighted by molar-refractivity contribution is 14.1. The maximum absolute atomic E-state index is 9.05. The molecule has 0 aliphatic heterocycles. The van der Waals surface area contributed by atoms with Gasteiger partial charge in [-0.25, -0.2) is 0 Å². The molecule has 1 rings (SSSR count). The molecular formula is C8H15IO. The van der Waals surface area contributed by atoms with Gasteiger partial charge < -0.3 is 5.11 Å². The lowest BCUT2D eigenvalue weighted by molar-refractivity contribution is 0.254. The minimum atomic E-state index is 0.205. The van der Waals surface area contributed by atoms with Gasteiger partial charge in [0, 0.05) is 3.42 Å². The number of hydrogen-bond donors (Lipinski definition) is 1. The minimum absolute atomic E-state index is 0.205. The van der Waals surface area contributed by atoms with Crippen LogP contribution in [0.5, 0.6) is 0 Å². The molecule has 0 radical (unpaired) electrons. The summed E-state index contributed by atoms with van der Waals surface area (Å²) in [7, 11) is 0. The predicted molar refractivity (Wildman–Crippen MR) is 51.4 cm³/mol. The average Bonchev–Trinajstić information content (AvgIpc) is 2.10. The molecule has 1 nitrogen and oxygen atoms in total. The Morgan fingerprint density at radius 1 is 1.40 bits per heavy atom. The second kappa shape index (κ2) is 2.97. The highest BCUT2D eigenvalue weighted by Gasteiger charge is 2.38. The molecule has 0 bridgehead atoms.